The zero-order valence-corrected chi connectivity index (χ0v) is 18.6. The average molecular weight is 415 g/mol. The van der Waals surface area contributed by atoms with E-state index in [-0.39, 0.29) is 6.10 Å². The van der Waals surface area contributed by atoms with Gasteiger partial charge in [0.05, 0.1) is 12.7 Å². The molecule has 1 aromatic rings. The van der Waals surface area contributed by atoms with Crippen LogP contribution in [0.1, 0.15) is 44.6 Å². The molecular formula is C23H38N6O. The fourth-order valence-electron chi connectivity index (χ4n) is 5.02. The van der Waals surface area contributed by atoms with Gasteiger partial charge in [0.25, 0.3) is 0 Å². The summed E-state index contributed by atoms with van der Waals surface area (Å²) in [5, 5.41) is 7.12. The van der Waals surface area contributed by atoms with E-state index in [2.05, 4.69) is 49.5 Å². The highest BCUT2D eigenvalue weighted by Gasteiger charge is 2.26. The number of nitrogens with zero attached hydrogens (tertiary/aromatic N) is 4. The fourth-order valence-corrected chi connectivity index (χ4v) is 5.02. The van der Waals surface area contributed by atoms with Crippen LogP contribution in [0.4, 0.5) is 5.82 Å². The average Bonchev–Trinajstić information content (AvgIpc) is 3.44. The van der Waals surface area contributed by atoms with Crippen LogP contribution in [0.15, 0.2) is 23.3 Å². The van der Waals surface area contributed by atoms with Crippen LogP contribution in [0, 0.1) is 5.92 Å². The van der Waals surface area contributed by atoms with Gasteiger partial charge in [0.15, 0.2) is 5.96 Å². The second-order valence-electron chi connectivity index (χ2n) is 9.12. The van der Waals surface area contributed by atoms with Crippen molar-refractivity contribution in [3.63, 3.8) is 0 Å². The largest absolute Gasteiger partial charge is 0.375 e. The summed E-state index contributed by atoms with van der Waals surface area (Å²) in [4.78, 5) is 14.0. The maximum Gasteiger partial charge on any atom is 0.191 e. The number of ether oxygens (including phenoxy) is 1. The number of rotatable bonds is 6. The molecule has 7 heteroatoms. The second kappa shape index (κ2) is 10.4. The third kappa shape index (κ3) is 5.85. The van der Waals surface area contributed by atoms with Gasteiger partial charge < -0.3 is 25.2 Å². The molecule has 0 bridgehead atoms. The molecule has 2 N–H and O–H groups in total. The van der Waals surface area contributed by atoms with Crippen molar-refractivity contribution in [2.75, 3.05) is 51.3 Å². The highest BCUT2D eigenvalue weighted by molar-refractivity contribution is 5.80. The molecule has 4 rings (SSSR count). The lowest BCUT2D eigenvalue weighted by molar-refractivity contribution is 0.0529. The van der Waals surface area contributed by atoms with Crippen LogP contribution in [-0.4, -0.2) is 74.4 Å². The first kappa shape index (κ1) is 21.4. The van der Waals surface area contributed by atoms with Gasteiger partial charge >= 0.3 is 0 Å². The predicted octanol–water partition coefficient (Wildman–Crippen LogP) is 2.24. The van der Waals surface area contributed by atoms with Crippen molar-refractivity contribution in [3.05, 3.63) is 23.9 Å². The van der Waals surface area contributed by atoms with Gasteiger partial charge in [0.1, 0.15) is 5.82 Å². The number of aromatic nitrogens is 1. The molecule has 0 amide bonds. The van der Waals surface area contributed by atoms with E-state index >= 15 is 0 Å². The van der Waals surface area contributed by atoms with E-state index in [0.717, 1.165) is 50.5 Å². The molecule has 2 aliphatic heterocycles. The Kier molecular flexibility index (Phi) is 7.44. The maximum atomic E-state index is 5.65. The molecule has 2 unspecified atom stereocenters. The first-order chi connectivity index (χ1) is 14.7. The number of nitrogens with one attached hydrogen (secondary N) is 2. The van der Waals surface area contributed by atoms with Crippen LogP contribution in [0.3, 0.4) is 0 Å². The van der Waals surface area contributed by atoms with Crippen LogP contribution in [0.25, 0.3) is 0 Å². The van der Waals surface area contributed by atoms with Gasteiger partial charge in [0.2, 0.25) is 0 Å². The lowest BCUT2D eigenvalue weighted by Gasteiger charge is -2.32. The van der Waals surface area contributed by atoms with Gasteiger partial charge in [-0.05, 0) is 49.8 Å². The zero-order valence-electron chi connectivity index (χ0n) is 18.6. The Bertz CT molecular complexity index is 705. The number of aliphatic imine (C=N–C) groups is 1. The highest BCUT2D eigenvalue weighted by atomic mass is 16.5. The quantitative estimate of drug-likeness (QED) is 0.550. The lowest BCUT2D eigenvalue weighted by Crippen LogP contribution is -2.44. The standard InChI is InChI=1S/C23H38N6O/c1-18-15-29(11-12-30-18)22-13-20(7-9-25-22)14-26-23(24-2)27-21-8-10-28(17-21)16-19-5-3-4-6-19/h7,9,13,18-19,21H,3-6,8,10-12,14-17H2,1-2H3,(H2,24,26,27). The number of likely N-dealkylation sites (tertiary alicyclic amines) is 1. The minimum Gasteiger partial charge on any atom is -0.375 e. The minimum absolute atomic E-state index is 0.255. The van der Waals surface area contributed by atoms with Gasteiger partial charge in [-0.15, -0.1) is 0 Å². The van der Waals surface area contributed by atoms with Gasteiger partial charge in [-0.2, -0.15) is 0 Å². The Morgan fingerprint density at radius 1 is 1.23 bits per heavy atom. The summed E-state index contributed by atoms with van der Waals surface area (Å²) in [5.74, 6) is 2.85. The summed E-state index contributed by atoms with van der Waals surface area (Å²) >= 11 is 0. The van der Waals surface area contributed by atoms with Crippen molar-refractivity contribution in [2.45, 2.75) is 57.7 Å². The monoisotopic (exact) mass is 414 g/mol. The van der Waals surface area contributed by atoms with Crippen LogP contribution in [-0.2, 0) is 11.3 Å². The topological polar surface area (TPSA) is 65.0 Å². The van der Waals surface area contributed by atoms with Crippen LogP contribution in [0.2, 0.25) is 0 Å². The third-order valence-corrected chi connectivity index (χ3v) is 6.66. The van der Waals surface area contributed by atoms with Crippen molar-refractivity contribution < 1.29 is 4.74 Å². The number of hydrogen-bond donors (Lipinski definition) is 2. The molecule has 2 atom stereocenters. The van der Waals surface area contributed by atoms with E-state index in [9.17, 15) is 0 Å². The number of hydrogen-bond acceptors (Lipinski definition) is 5. The predicted molar refractivity (Wildman–Crippen MR) is 122 cm³/mol. The second-order valence-corrected chi connectivity index (χ2v) is 9.12. The smallest absolute Gasteiger partial charge is 0.191 e. The van der Waals surface area contributed by atoms with Crippen LogP contribution in [0.5, 0.6) is 0 Å². The Morgan fingerprint density at radius 3 is 2.90 bits per heavy atom. The summed E-state index contributed by atoms with van der Waals surface area (Å²) < 4.78 is 5.65. The molecule has 0 spiro atoms. The zero-order chi connectivity index (χ0) is 20.8. The van der Waals surface area contributed by atoms with E-state index in [1.165, 1.54) is 50.8 Å². The molecular weight excluding hydrogens is 376 g/mol. The first-order valence-corrected chi connectivity index (χ1v) is 11.7. The molecule has 166 valence electrons. The van der Waals surface area contributed by atoms with E-state index in [1.54, 1.807) is 0 Å². The van der Waals surface area contributed by atoms with Crippen molar-refractivity contribution >= 4 is 11.8 Å². The minimum atomic E-state index is 0.255. The fraction of sp³-hybridized carbons (Fsp3) is 0.739. The summed E-state index contributed by atoms with van der Waals surface area (Å²) in [6.45, 7) is 9.04. The SMILES string of the molecule is CN=C(NCc1ccnc(N2CCOC(C)C2)c1)NC1CCN(CC2CCCC2)C1. The number of anilines is 1. The molecule has 3 fully saturated rings. The Balaban J connectivity index is 1.24. The highest BCUT2D eigenvalue weighted by Crippen LogP contribution is 2.26. The van der Waals surface area contributed by atoms with Gasteiger partial charge in [-0.3, -0.25) is 4.99 Å². The van der Waals surface area contributed by atoms with Gasteiger partial charge in [0, 0.05) is 58.6 Å². The third-order valence-electron chi connectivity index (χ3n) is 6.66. The summed E-state index contributed by atoms with van der Waals surface area (Å²) in [6, 6.07) is 4.74. The van der Waals surface area contributed by atoms with Gasteiger partial charge in [-0.25, -0.2) is 4.98 Å². The number of morpholine rings is 1. The van der Waals surface area contributed by atoms with Crippen molar-refractivity contribution in [2.24, 2.45) is 10.9 Å². The molecule has 0 aromatic carbocycles. The number of guanidine groups is 1. The van der Waals surface area contributed by atoms with E-state index in [0.29, 0.717) is 6.04 Å². The van der Waals surface area contributed by atoms with E-state index in [1.807, 2.05) is 13.2 Å². The first-order valence-electron chi connectivity index (χ1n) is 11.7. The Labute approximate surface area is 181 Å². The van der Waals surface area contributed by atoms with Crippen molar-refractivity contribution in [1.82, 2.24) is 20.5 Å². The molecule has 3 aliphatic rings. The lowest BCUT2D eigenvalue weighted by atomic mass is 10.1. The maximum absolute atomic E-state index is 5.65. The summed E-state index contributed by atoms with van der Waals surface area (Å²) in [7, 11) is 1.85. The molecule has 1 saturated carbocycles. The molecule has 30 heavy (non-hydrogen) atoms. The number of pyridine rings is 1. The summed E-state index contributed by atoms with van der Waals surface area (Å²) in [5.41, 5.74) is 1.22. The molecule has 3 heterocycles. The normalized spacial score (nSPS) is 26.3. The molecule has 1 aromatic heterocycles. The van der Waals surface area contributed by atoms with Crippen molar-refractivity contribution in [3.8, 4) is 0 Å². The summed E-state index contributed by atoms with van der Waals surface area (Å²) in [6.07, 6.45) is 9.06. The Morgan fingerprint density at radius 2 is 2.10 bits per heavy atom. The van der Waals surface area contributed by atoms with E-state index < -0.39 is 0 Å². The van der Waals surface area contributed by atoms with Crippen molar-refractivity contribution in [1.29, 1.82) is 0 Å². The molecule has 0 radical (unpaired) electrons. The van der Waals surface area contributed by atoms with Crippen LogP contribution >= 0.6 is 0 Å². The molecule has 2 saturated heterocycles. The Hall–Kier alpha value is -1.86. The van der Waals surface area contributed by atoms with Crippen LogP contribution < -0.4 is 15.5 Å². The molecule has 7 nitrogen and oxygen atoms in total. The van der Waals surface area contributed by atoms with Gasteiger partial charge in [-0.1, -0.05) is 12.8 Å². The van der Waals surface area contributed by atoms with E-state index in [4.69, 9.17) is 4.74 Å². The molecule has 1 aliphatic carbocycles.